The maximum atomic E-state index is 10.8. The third kappa shape index (κ3) is 1.85. The first-order chi connectivity index (χ1) is 7.29. The van der Waals surface area contributed by atoms with Crippen molar-refractivity contribution in [2.75, 3.05) is 4.90 Å². The van der Waals surface area contributed by atoms with Gasteiger partial charge in [0.05, 0.1) is 4.92 Å². The Labute approximate surface area is 86.5 Å². The molecule has 1 heterocycles. The van der Waals surface area contributed by atoms with Gasteiger partial charge < -0.3 is 0 Å². The van der Waals surface area contributed by atoms with Gasteiger partial charge in [-0.3, -0.25) is 15.0 Å². The van der Waals surface area contributed by atoms with Crippen LogP contribution in [-0.4, -0.2) is 17.4 Å². The molecule has 0 bridgehead atoms. The van der Waals surface area contributed by atoms with Gasteiger partial charge in [0.2, 0.25) is 0 Å². The Morgan fingerprint density at radius 3 is 2.73 bits per heavy atom. The number of para-hydroxylation sites is 1. The van der Waals surface area contributed by atoms with Crippen LogP contribution in [0.15, 0.2) is 47.6 Å². The standard InChI is InChI=1S/C10H9N3O2/c14-13(15)10-11-7-4-8-12(10)9-5-2-1-3-6-9/h1-8,10H. The van der Waals surface area contributed by atoms with Gasteiger partial charge >= 0.3 is 6.29 Å². The lowest BCUT2D eigenvalue weighted by molar-refractivity contribution is -0.518. The van der Waals surface area contributed by atoms with E-state index in [2.05, 4.69) is 4.99 Å². The number of hydrogen-bond donors (Lipinski definition) is 0. The van der Waals surface area contributed by atoms with E-state index in [1.807, 2.05) is 30.3 Å². The summed E-state index contributed by atoms with van der Waals surface area (Å²) in [6.45, 7) is 0. The summed E-state index contributed by atoms with van der Waals surface area (Å²) in [5.41, 5.74) is 0.757. The highest BCUT2D eigenvalue weighted by Gasteiger charge is 2.27. The normalized spacial score (nSPS) is 19.2. The summed E-state index contributed by atoms with van der Waals surface area (Å²) in [5.74, 6) is 0. The van der Waals surface area contributed by atoms with Gasteiger partial charge in [-0.1, -0.05) is 18.2 Å². The maximum Gasteiger partial charge on any atom is 0.389 e. The molecule has 0 aromatic heterocycles. The van der Waals surface area contributed by atoms with Crippen LogP contribution in [0.2, 0.25) is 0 Å². The Bertz CT molecular complexity index is 414. The van der Waals surface area contributed by atoms with Crippen LogP contribution in [0, 0.1) is 10.1 Å². The fourth-order valence-electron chi connectivity index (χ4n) is 1.38. The largest absolute Gasteiger partial charge is 0.389 e. The first-order valence-electron chi connectivity index (χ1n) is 4.46. The van der Waals surface area contributed by atoms with E-state index in [1.54, 1.807) is 12.3 Å². The topological polar surface area (TPSA) is 58.7 Å². The van der Waals surface area contributed by atoms with Crippen LogP contribution in [0.3, 0.4) is 0 Å². The lowest BCUT2D eigenvalue weighted by atomic mass is 10.3. The number of nitrogens with zero attached hydrogens (tertiary/aromatic N) is 3. The summed E-state index contributed by atoms with van der Waals surface area (Å²) in [6.07, 6.45) is 3.70. The molecule has 5 nitrogen and oxygen atoms in total. The van der Waals surface area contributed by atoms with Crippen molar-refractivity contribution in [3.63, 3.8) is 0 Å². The molecule has 2 rings (SSSR count). The van der Waals surface area contributed by atoms with Crippen LogP contribution in [0.5, 0.6) is 0 Å². The van der Waals surface area contributed by atoms with Gasteiger partial charge in [-0.05, 0) is 18.2 Å². The zero-order valence-electron chi connectivity index (χ0n) is 7.85. The van der Waals surface area contributed by atoms with Gasteiger partial charge in [-0.15, -0.1) is 0 Å². The molecular weight excluding hydrogens is 194 g/mol. The van der Waals surface area contributed by atoms with E-state index in [0.717, 1.165) is 5.69 Å². The molecule has 0 spiro atoms. The number of aliphatic imine (C=N–C) groups is 1. The maximum absolute atomic E-state index is 10.8. The smallest absolute Gasteiger partial charge is 0.266 e. The molecule has 0 N–H and O–H groups in total. The number of rotatable bonds is 2. The quantitative estimate of drug-likeness (QED) is 0.542. The molecular formula is C10H9N3O2. The highest BCUT2D eigenvalue weighted by atomic mass is 16.6. The monoisotopic (exact) mass is 203 g/mol. The third-order valence-electron chi connectivity index (χ3n) is 2.04. The van der Waals surface area contributed by atoms with E-state index in [1.165, 1.54) is 11.1 Å². The molecule has 15 heavy (non-hydrogen) atoms. The van der Waals surface area contributed by atoms with Crippen LogP contribution in [0.1, 0.15) is 0 Å². The SMILES string of the molecule is O=[N+]([O-])C1N=CC=CN1c1ccccc1. The average molecular weight is 203 g/mol. The fraction of sp³-hybridized carbons (Fsp3) is 0.100. The van der Waals surface area contributed by atoms with E-state index in [4.69, 9.17) is 0 Å². The molecule has 5 heteroatoms. The second kappa shape index (κ2) is 3.91. The Hall–Kier alpha value is -2.17. The summed E-state index contributed by atoms with van der Waals surface area (Å²) in [5, 5.41) is 10.8. The minimum absolute atomic E-state index is 0.424. The van der Waals surface area contributed by atoms with Crippen molar-refractivity contribution >= 4 is 11.9 Å². The molecule has 0 aliphatic carbocycles. The molecule has 0 fully saturated rings. The minimum Gasteiger partial charge on any atom is -0.266 e. The summed E-state index contributed by atoms with van der Waals surface area (Å²) < 4.78 is 0. The second-order valence-corrected chi connectivity index (χ2v) is 3.01. The Balaban J connectivity index is 2.32. The number of nitro groups is 1. The van der Waals surface area contributed by atoms with Crippen LogP contribution >= 0.6 is 0 Å². The fourth-order valence-corrected chi connectivity index (χ4v) is 1.38. The molecule has 1 aliphatic heterocycles. The molecule has 0 saturated carbocycles. The summed E-state index contributed by atoms with van der Waals surface area (Å²) in [6, 6.07) is 9.14. The van der Waals surface area contributed by atoms with Crippen molar-refractivity contribution in [1.82, 2.24) is 0 Å². The van der Waals surface area contributed by atoms with E-state index >= 15 is 0 Å². The van der Waals surface area contributed by atoms with Gasteiger partial charge in [0.15, 0.2) is 0 Å². The predicted molar refractivity (Wildman–Crippen MR) is 57.3 cm³/mol. The molecule has 1 aromatic carbocycles. The summed E-state index contributed by atoms with van der Waals surface area (Å²) in [7, 11) is 0. The molecule has 0 radical (unpaired) electrons. The van der Waals surface area contributed by atoms with E-state index in [0.29, 0.717) is 0 Å². The Kier molecular flexibility index (Phi) is 2.45. The molecule has 0 amide bonds. The molecule has 0 saturated heterocycles. The van der Waals surface area contributed by atoms with Crippen LogP contribution in [-0.2, 0) is 0 Å². The zero-order chi connectivity index (χ0) is 10.7. The summed E-state index contributed by atoms with van der Waals surface area (Å²) >= 11 is 0. The molecule has 76 valence electrons. The second-order valence-electron chi connectivity index (χ2n) is 3.01. The van der Waals surface area contributed by atoms with Crippen LogP contribution in [0.4, 0.5) is 5.69 Å². The lowest BCUT2D eigenvalue weighted by Crippen LogP contribution is -2.37. The number of benzene rings is 1. The van der Waals surface area contributed by atoms with Gasteiger partial charge in [0.1, 0.15) is 0 Å². The first-order valence-corrected chi connectivity index (χ1v) is 4.46. The molecule has 1 aromatic rings. The van der Waals surface area contributed by atoms with Crippen molar-refractivity contribution in [1.29, 1.82) is 0 Å². The van der Waals surface area contributed by atoms with Crippen LogP contribution < -0.4 is 4.90 Å². The van der Waals surface area contributed by atoms with Gasteiger partial charge in [0, 0.05) is 18.1 Å². The summed E-state index contributed by atoms with van der Waals surface area (Å²) in [4.78, 5) is 15.6. The average Bonchev–Trinajstić information content (AvgIpc) is 2.30. The van der Waals surface area contributed by atoms with Crippen molar-refractivity contribution < 1.29 is 4.92 Å². The van der Waals surface area contributed by atoms with Crippen molar-refractivity contribution in [2.45, 2.75) is 6.29 Å². The highest BCUT2D eigenvalue weighted by molar-refractivity contribution is 5.74. The van der Waals surface area contributed by atoms with Crippen LogP contribution in [0.25, 0.3) is 0 Å². The van der Waals surface area contributed by atoms with E-state index < -0.39 is 11.2 Å². The van der Waals surface area contributed by atoms with Crippen molar-refractivity contribution in [3.8, 4) is 0 Å². The minimum atomic E-state index is -1.06. The first kappa shape index (κ1) is 9.39. The number of hydrogen-bond acceptors (Lipinski definition) is 4. The van der Waals surface area contributed by atoms with Gasteiger partial charge in [0.25, 0.3) is 0 Å². The van der Waals surface area contributed by atoms with Gasteiger partial charge in [-0.25, -0.2) is 4.99 Å². The Morgan fingerprint density at radius 1 is 1.33 bits per heavy atom. The predicted octanol–water partition coefficient (Wildman–Crippen LogP) is 1.65. The molecule has 1 atom stereocenters. The van der Waals surface area contributed by atoms with Gasteiger partial charge in [-0.2, -0.15) is 0 Å². The Morgan fingerprint density at radius 2 is 2.07 bits per heavy atom. The number of anilines is 1. The third-order valence-corrected chi connectivity index (χ3v) is 2.04. The molecule has 1 aliphatic rings. The highest BCUT2D eigenvalue weighted by Crippen LogP contribution is 2.19. The lowest BCUT2D eigenvalue weighted by Gasteiger charge is -2.22. The van der Waals surface area contributed by atoms with E-state index in [9.17, 15) is 10.1 Å². The molecule has 1 unspecified atom stereocenters. The number of allylic oxidation sites excluding steroid dienone is 1. The van der Waals surface area contributed by atoms with Crippen molar-refractivity contribution in [3.05, 3.63) is 52.7 Å². The zero-order valence-corrected chi connectivity index (χ0v) is 7.85. The van der Waals surface area contributed by atoms with E-state index in [-0.39, 0.29) is 0 Å². The van der Waals surface area contributed by atoms with Crippen molar-refractivity contribution in [2.24, 2.45) is 4.99 Å².